The number of aryl methyl sites for hydroxylation is 2. The van der Waals surface area contributed by atoms with Gasteiger partial charge in [-0.2, -0.15) is 0 Å². The van der Waals surface area contributed by atoms with Crippen molar-refractivity contribution >= 4 is 5.82 Å². The van der Waals surface area contributed by atoms with Gasteiger partial charge < -0.3 is 10.4 Å². The molecule has 132 valence electrons. The number of fused-ring (bicyclic) bond motifs is 3. The van der Waals surface area contributed by atoms with Gasteiger partial charge in [-0.15, -0.1) is 0 Å². The van der Waals surface area contributed by atoms with E-state index in [2.05, 4.69) is 60.8 Å². The van der Waals surface area contributed by atoms with Gasteiger partial charge >= 0.3 is 0 Å². The van der Waals surface area contributed by atoms with E-state index in [1.165, 1.54) is 16.7 Å². The van der Waals surface area contributed by atoms with Crippen molar-refractivity contribution < 1.29 is 5.11 Å². The van der Waals surface area contributed by atoms with E-state index < -0.39 is 0 Å². The summed E-state index contributed by atoms with van der Waals surface area (Å²) in [4.78, 5) is 9.77. The summed E-state index contributed by atoms with van der Waals surface area (Å²) in [5.41, 5.74) is 6.93. The van der Waals surface area contributed by atoms with Crippen molar-refractivity contribution in [1.29, 1.82) is 0 Å². The van der Waals surface area contributed by atoms with Crippen LogP contribution < -0.4 is 5.32 Å². The van der Waals surface area contributed by atoms with Crippen molar-refractivity contribution in [3.05, 3.63) is 65.2 Å². The summed E-state index contributed by atoms with van der Waals surface area (Å²) >= 11 is 0. The quantitative estimate of drug-likeness (QED) is 0.750. The monoisotopic (exact) mass is 345 g/mol. The van der Waals surface area contributed by atoms with Crippen LogP contribution in [0.2, 0.25) is 0 Å². The van der Waals surface area contributed by atoms with Crippen LogP contribution in [0.1, 0.15) is 23.1 Å². The van der Waals surface area contributed by atoms with Crippen molar-refractivity contribution in [2.24, 2.45) is 0 Å². The Morgan fingerprint density at radius 2 is 1.81 bits per heavy atom. The lowest BCUT2D eigenvalue weighted by molar-refractivity contribution is 0.311. The van der Waals surface area contributed by atoms with Crippen LogP contribution in [0, 0.1) is 6.92 Å². The van der Waals surface area contributed by atoms with Crippen LogP contribution in [0.3, 0.4) is 0 Å². The molecule has 26 heavy (non-hydrogen) atoms. The first-order valence-electron chi connectivity index (χ1n) is 9.17. The minimum Gasteiger partial charge on any atom is -0.395 e. The zero-order valence-corrected chi connectivity index (χ0v) is 15.0. The fourth-order valence-corrected chi connectivity index (χ4v) is 3.52. The van der Waals surface area contributed by atoms with Crippen LogP contribution in [-0.2, 0) is 12.8 Å². The molecule has 0 amide bonds. The molecule has 1 heterocycles. The molecule has 0 saturated carbocycles. The number of hydrogen-bond donors (Lipinski definition) is 2. The number of rotatable bonds is 4. The molecule has 0 spiro atoms. The van der Waals surface area contributed by atoms with Crippen molar-refractivity contribution in [2.45, 2.75) is 26.2 Å². The van der Waals surface area contributed by atoms with E-state index in [0.29, 0.717) is 6.54 Å². The van der Waals surface area contributed by atoms with Crippen molar-refractivity contribution in [3.63, 3.8) is 0 Å². The lowest BCUT2D eigenvalue weighted by Gasteiger charge is -2.16. The number of nitrogens with one attached hydrogen (secondary N) is 1. The minimum absolute atomic E-state index is 0.0786. The molecule has 1 aliphatic carbocycles. The van der Waals surface area contributed by atoms with E-state index in [1.807, 2.05) is 0 Å². The largest absolute Gasteiger partial charge is 0.395 e. The second-order valence-corrected chi connectivity index (χ2v) is 6.75. The Morgan fingerprint density at radius 1 is 1.00 bits per heavy atom. The summed E-state index contributed by atoms with van der Waals surface area (Å²) < 4.78 is 0. The molecular formula is C22H23N3O. The summed E-state index contributed by atoms with van der Waals surface area (Å²) in [6.07, 6.45) is 3.06. The van der Waals surface area contributed by atoms with Crippen LogP contribution in [0.5, 0.6) is 0 Å². The minimum atomic E-state index is 0.0786. The van der Waals surface area contributed by atoms with Gasteiger partial charge in [-0.3, -0.25) is 0 Å². The maximum atomic E-state index is 9.26. The molecule has 4 heteroatoms. The molecule has 2 N–H and O–H groups in total. The zero-order valence-electron chi connectivity index (χ0n) is 15.0. The molecule has 1 aliphatic rings. The molecule has 0 fully saturated rings. The Morgan fingerprint density at radius 3 is 2.62 bits per heavy atom. The van der Waals surface area contributed by atoms with Gasteiger partial charge in [0.15, 0.2) is 5.82 Å². The van der Waals surface area contributed by atoms with E-state index in [1.54, 1.807) is 0 Å². The topological polar surface area (TPSA) is 58.0 Å². The van der Waals surface area contributed by atoms with Crippen molar-refractivity contribution in [3.8, 4) is 22.6 Å². The van der Waals surface area contributed by atoms with Crippen LogP contribution >= 0.6 is 0 Å². The zero-order chi connectivity index (χ0) is 17.9. The molecule has 4 nitrogen and oxygen atoms in total. The van der Waals surface area contributed by atoms with Gasteiger partial charge in [-0.05, 0) is 31.7 Å². The van der Waals surface area contributed by atoms with Crippen LogP contribution in [0.4, 0.5) is 5.82 Å². The maximum Gasteiger partial charge on any atom is 0.162 e. The predicted octanol–water partition coefficient (Wildman–Crippen LogP) is 4.01. The van der Waals surface area contributed by atoms with E-state index in [9.17, 15) is 5.11 Å². The number of anilines is 1. The first-order chi connectivity index (χ1) is 12.8. The summed E-state index contributed by atoms with van der Waals surface area (Å²) in [6, 6.07) is 16.8. The lowest BCUT2D eigenvalue weighted by Crippen LogP contribution is -2.12. The average Bonchev–Trinajstić information content (AvgIpc) is 2.86. The molecule has 0 atom stereocenters. The van der Waals surface area contributed by atoms with Crippen LogP contribution in [0.15, 0.2) is 48.5 Å². The normalized spacial score (nSPS) is 12.8. The second kappa shape index (κ2) is 7.26. The summed E-state index contributed by atoms with van der Waals surface area (Å²) in [5.74, 6) is 1.57. The molecule has 0 unspecified atom stereocenters. The third-order valence-corrected chi connectivity index (χ3v) is 4.87. The molecule has 0 bridgehead atoms. The number of aliphatic hydroxyl groups excluding tert-OH is 1. The van der Waals surface area contributed by atoms with Gasteiger partial charge in [0, 0.05) is 23.2 Å². The fraction of sp³-hybridized carbons (Fsp3) is 0.273. The number of nitrogens with zero attached hydrogens (tertiary/aromatic N) is 2. The Kier molecular flexibility index (Phi) is 4.67. The van der Waals surface area contributed by atoms with Gasteiger partial charge in [-0.1, -0.05) is 54.1 Å². The van der Waals surface area contributed by atoms with Crippen LogP contribution in [-0.4, -0.2) is 28.2 Å². The summed E-state index contributed by atoms with van der Waals surface area (Å²) in [5, 5.41) is 12.6. The van der Waals surface area contributed by atoms with Gasteiger partial charge in [-0.25, -0.2) is 9.97 Å². The molecule has 1 aromatic heterocycles. The standard InChI is InChI=1S/C22H23N3O/c1-15-9-11-17(12-10-15)21-24-20-18-7-3-2-5-16(18)6-4-8-19(20)22(25-21)23-13-14-26/h2-3,5,7,9-12,26H,4,6,8,13-14H2,1H3,(H,23,24,25). The van der Waals surface area contributed by atoms with E-state index in [0.717, 1.165) is 47.7 Å². The number of aliphatic hydroxyl groups is 1. The van der Waals surface area contributed by atoms with E-state index in [4.69, 9.17) is 9.97 Å². The second-order valence-electron chi connectivity index (χ2n) is 6.75. The molecule has 3 aromatic rings. The molecule has 2 aromatic carbocycles. The summed E-state index contributed by atoms with van der Waals surface area (Å²) in [6.45, 7) is 2.64. The number of aromatic nitrogens is 2. The third kappa shape index (κ3) is 3.20. The van der Waals surface area contributed by atoms with Crippen LogP contribution in [0.25, 0.3) is 22.6 Å². The summed E-state index contributed by atoms with van der Waals surface area (Å²) in [7, 11) is 0. The molecule has 0 radical (unpaired) electrons. The van der Waals surface area contributed by atoms with Gasteiger partial charge in [0.25, 0.3) is 0 Å². The Bertz CT molecular complexity index is 919. The highest BCUT2D eigenvalue weighted by atomic mass is 16.3. The Hall–Kier alpha value is -2.72. The maximum absolute atomic E-state index is 9.26. The van der Waals surface area contributed by atoms with Gasteiger partial charge in [0.05, 0.1) is 12.3 Å². The molecular weight excluding hydrogens is 322 g/mol. The first-order valence-corrected chi connectivity index (χ1v) is 9.17. The number of hydrogen-bond acceptors (Lipinski definition) is 4. The van der Waals surface area contributed by atoms with Gasteiger partial charge in [0.1, 0.15) is 5.82 Å². The van der Waals surface area contributed by atoms with E-state index in [-0.39, 0.29) is 6.61 Å². The smallest absolute Gasteiger partial charge is 0.162 e. The molecule has 0 saturated heterocycles. The first kappa shape index (κ1) is 16.7. The highest BCUT2D eigenvalue weighted by Crippen LogP contribution is 2.35. The average molecular weight is 345 g/mol. The highest BCUT2D eigenvalue weighted by Gasteiger charge is 2.21. The number of benzene rings is 2. The van der Waals surface area contributed by atoms with Gasteiger partial charge in [0.2, 0.25) is 0 Å². The molecule has 4 rings (SSSR count). The highest BCUT2D eigenvalue weighted by molar-refractivity contribution is 5.75. The Labute approximate surface area is 154 Å². The Balaban J connectivity index is 1.91. The lowest BCUT2D eigenvalue weighted by atomic mass is 10.0. The van der Waals surface area contributed by atoms with Crippen molar-refractivity contribution in [1.82, 2.24) is 9.97 Å². The third-order valence-electron chi connectivity index (χ3n) is 4.87. The predicted molar refractivity (Wildman–Crippen MR) is 105 cm³/mol. The fourth-order valence-electron chi connectivity index (χ4n) is 3.52. The van der Waals surface area contributed by atoms with E-state index >= 15 is 0 Å². The SMILES string of the molecule is Cc1ccc(-c2nc(NCCO)c3c(n2)-c2ccccc2CCC3)cc1. The molecule has 0 aliphatic heterocycles. The van der Waals surface area contributed by atoms with Crippen molar-refractivity contribution in [2.75, 3.05) is 18.5 Å².